The SMILES string of the molecule is Brc1ccsc1C1CCNCC1Cc1ccccc1. The van der Waals surface area contributed by atoms with Gasteiger partial charge in [0.15, 0.2) is 0 Å². The molecule has 1 aromatic heterocycles. The maximum atomic E-state index is 3.70. The monoisotopic (exact) mass is 335 g/mol. The second-order valence-electron chi connectivity index (χ2n) is 5.18. The number of benzene rings is 1. The number of nitrogens with one attached hydrogen (secondary N) is 1. The predicted molar refractivity (Wildman–Crippen MR) is 85.9 cm³/mol. The summed E-state index contributed by atoms with van der Waals surface area (Å²) in [6.45, 7) is 2.27. The van der Waals surface area contributed by atoms with Crippen LogP contribution in [0.1, 0.15) is 22.8 Å². The van der Waals surface area contributed by atoms with Crippen LogP contribution in [-0.4, -0.2) is 13.1 Å². The van der Waals surface area contributed by atoms with Crippen molar-refractivity contribution in [2.45, 2.75) is 18.8 Å². The summed E-state index contributed by atoms with van der Waals surface area (Å²) in [4.78, 5) is 1.53. The molecule has 0 spiro atoms. The number of hydrogen-bond acceptors (Lipinski definition) is 2. The van der Waals surface area contributed by atoms with Gasteiger partial charge in [0.05, 0.1) is 0 Å². The maximum Gasteiger partial charge on any atom is 0.0317 e. The fourth-order valence-electron chi connectivity index (χ4n) is 2.97. The highest BCUT2D eigenvalue weighted by Crippen LogP contribution is 2.39. The number of rotatable bonds is 3. The topological polar surface area (TPSA) is 12.0 Å². The Balaban J connectivity index is 1.80. The Morgan fingerprint density at radius 3 is 2.79 bits per heavy atom. The first kappa shape index (κ1) is 13.3. The third-order valence-electron chi connectivity index (χ3n) is 3.93. The van der Waals surface area contributed by atoms with Crippen LogP contribution in [0.5, 0.6) is 0 Å². The van der Waals surface area contributed by atoms with Gasteiger partial charge in [-0.3, -0.25) is 0 Å². The molecule has 2 heterocycles. The van der Waals surface area contributed by atoms with Gasteiger partial charge in [0.2, 0.25) is 0 Å². The highest BCUT2D eigenvalue weighted by Gasteiger charge is 2.28. The van der Waals surface area contributed by atoms with E-state index in [2.05, 4.69) is 63.0 Å². The lowest BCUT2D eigenvalue weighted by molar-refractivity contribution is 0.327. The molecular formula is C16H18BrNS. The number of hydrogen-bond donors (Lipinski definition) is 1. The lowest BCUT2D eigenvalue weighted by atomic mass is 9.81. The average molecular weight is 336 g/mol. The van der Waals surface area contributed by atoms with E-state index in [0.29, 0.717) is 11.8 Å². The van der Waals surface area contributed by atoms with E-state index in [1.807, 2.05) is 11.3 Å². The summed E-state index contributed by atoms with van der Waals surface area (Å²) in [6, 6.07) is 13.0. The van der Waals surface area contributed by atoms with Gasteiger partial charge in [-0.2, -0.15) is 0 Å². The van der Waals surface area contributed by atoms with Gasteiger partial charge in [0.25, 0.3) is 0 Å². The van der Waals surface area contributed by atoms with Crippen molar-refractivity contribution in [1.82, 2.24) is 5.32 Å². The smallest absolute Gasteiger partial charge is 0.0317 e. The van der Waals surface area contributed by atoms with E-state index >= 15 is 0 Å². The number of thiophene rings is 1. The van der Waals surface area contributed by atoms with Crippen LogP contribution < -0.4 is 5.32 Å². The van der Waals surface area contributed by atoms with Gasteiger partial charge in [0, 0.05) is 9.35 Å². The number of piperidine rings is 1. The summed E-state index contributed by atoms with van der Waals surface area (Å²) >= 11 is 5.60. The van der Waals surface area contributed by atoms with Gasteiger partial charge in [0.1, 0.15) is 0 Å². The summed E-state index contributed by atoms with van der Waals surface area (Å²) in [6.07, 6.45) is 2.42. The molecule has 1 N–H and O–H groups in total. The van der Waals surface area contributed by atoms with Crippen LogP contribution in [0.2, 0.25) is 0 Å². The molecule has 3 heteroatoms. The minimum atomic E-state index is 0.691. The van der Waals surface area contributed by atoms with Crippen LogP contribution in [-0.2, 0) is 6.42 Å². The molecule has 1 saturated heterocycles. The van der Waals surface area contributed by atoms with Gasteiger partial charge in [-0.1, -0.05) is 30.3 Å². The van der Waals surface area contributed by atoms with Crippen LogP contribution in [0.4, 0.5) is 0 Å². The fraction of sp³-hybridized carbons (Fsp3) is 0.375. The van der Waals surface area contributed by atoms with Crippen LogP contribution in [0.25, 0.3) is 0 Å². The molecule has 0 radical (unpaired) electrons. The molecule has 1 aromatic carbocycles. The van der Waals surface area contributed by atoms with Gasteiger partial charge in [-0.05, 0) is 70.7 Å². The lowest BCUT2D eigenvalue weighted by Crippen LogP contribution is -2.36. The molecular weight excluding hydrogens is 318 g/mol. The van der Waals surface area contributed by atoms with Crippen molar-refractivity contribution in [2.75, 3.05) is 13.1 Å². The number of halogens is 1. The fourth-order valence-corrected chi connectivity index (χ4v) is 4.87. The summed E-state index contributed by atoms with van der Waals surface area (Å²) < 4.78 is 1.29. The molecule has 3 rings (SSSR count). The Labute approximate surface area is 127 Å². The summed E-state index contributed by atoms with van der Waals surface area (Å²) in [5.41, 5.74) is 1.45. The predicted octanol–water partition coefficient (Wildman–Crippen LogP) is 4.45. The second kappa shape index (κ2) is 6.21. The Hall–Kier alpha value is -0.640. The highest BCUT2D eigenvalue weighted by molar-refractivity contribution is 9.10. The molecule has 1 aliphatic heterocycles. The molecule has 2 aromatic rings. The Morgan fingerprint density at radius 2 is 2.05 bits per heavy atom. The van der Waals surface area contributed by atoms with E-state index in [9.17, 15) is 0 Å². The second-order valence-corrected chi connectivity index (χ2v) is 6.98. The van der Waals surface area contributed by atoms with Crippen molar-refractivity contribution in [3.05, 3.63) is 56.7 Å². The average Bonchev–Trinajstić information content (AvgIpc) is 2.87. The summed E-state index contributed by atoms with van der Waals surface area (Å²) in [5, 5.41) is 5.75. The third-order valence-corrected chi connectivity index (χ3v) is 5.93. The highest BCUT2D eigenvalue weighted by atomic mass is 79.9. The van der Waals surface area contributed by atoms with E-state index < -0.39 is 0 Å². The lowest BCUT2D eigenvalue weighted by Gasteiger charge is -2.32. The normalized spacial score (nSPS) is 23.4. The first-order valence-corrected chi connectivity index (χ1v) is 8.49. The first-order valence-electron chi connectivity index (χ1n) is 6.82. The van der Waals surface area contributed by atoms with Gasteiger partial charge < -0.3 is 5.32 Å². The molecule has 100 valence electrons. The van der Waals surface area contributed by atoms with Crippen molar-refractivity contribution in [3.8, 4) is 0 Å². The molecule has 0 aliphatic carbocycles. The molecule has 2 unspecified atom stereocenters. The Bertz CT molecular complexity index is 523. The van der Waals surface area contributed by atoms with Crippen LogP contribution in [0.3, 0.4) is 0 Å². The first-order chi connectivity index (χ1) is 9.34. The Morgan fingerprint density at radius 1 is 1.21 bits per heavy atom. The van der Waals surface area contributed by atoms with Crippen molar-refractivity contribution in [3.63, 3.8) is 0 Å². The molecule has 2 atom stereocenters. The molecule has 1 aliphatic rings. The van der Waals surface area contributed by atoms with E-state index in [1.165, 1.54) is 27.8 Å². The zero-order valence-corrected chi connectivity index (χ0v) is 13.2. The van der Waals surface area contributed by atoms with Gasteiger partial charge in [-0.25, -0.2) is 0 Å². The maximum absolute atomic E-state index is 3.70. The van der Waals surface area contributed by atoms with E-state index in [0.717, 1.165) is 13.1 Å². The Kier molecular flexibility index (Phi) is 4.36. The van der Waals surface area contributed by atoms with Crippen molar-refractivity contribution < 1.29 is 0 Å². The van der Waals surface area contributed by atoms with Crippen LogP contribution in [0.15, 0.2) is 46.3 Å². The van der Waals surface area contributed by atoms with Gasteiger partial charge in [-0.15, -0.1) is 11.3 Å². The molecule has 0 saturated carbocycles. The van der Waals surface area contributed by atoms with Crippen molar-refractivity contribution >= 4 is 27.3 Å². The summed E-state index contributed by atoms with van der Waals surface area (Å²) in [7, 11) is 0. The van der Waals surface area contributed by atoms with E-state index in [1.54, 1.807) is 0 Å². The zero-order valence-electron chi connectivity index (χ0n) is 10.8. The van der Waals surface area contributed by atoms with E-state index in [4.69, 9.17) is 0 Å². The van der Waals surface area contributed by atoms with Crippen LogP contribution in [0, 0.1) is 5.92 Å². The molecule has 0 bridgehead atoms. The standard InChI is InChI=1S/C16H18BrNS/c17-15-7-9-19-16(15)14-6-8-18-11-13(14)10-12-4-2-1-3-5-12/h1-5,7,9,13-14,18H,6,8,10-11H2. The van der Waals surface area contributed by atoms with Crippen molar-refractivity contribution in [2.24, 2.45) is 5.92 Å². The largest absolute Gasteiger partial charge is 0.316 e. The molecule has 19 heavy (non-hydrogen) atoms. The third kappa shape index (κ3) is 3.10. The molecule has 1 nitrogen and oxygen atoms in total. The quantitative estimate of drug-likeness (QED) is 0.873. The molecule has 1 fully saturated rings. The van der Waals surface area contributed by atoms with E-state index in [-0.39, 0.29) is 0 Å². The zero-order chi connectivity index (χ0) is 13.1. The van der Waals surface area contributed by atoms with Gasteiger partial charge >= 0.3 is 0 Å². The van der Waals surface area contributed by atoms with Crippen LogP contribution >= 0.6 is 27.3 Å². The van der Waals surface area contributed by atoms with Crippen molar-refractivity contribution in [1.29, 1.82) is 0 Å². The minimum Gasteiger partial charge on any atom is -0.316 e. The minimum absolute atomic E-state index is 0.691. The summed E-state index contributed by atoms with van der Waals surface area (Å²) in [5.74, 6) is 1.39. The molecule has 0 amide bonds.